The third kappa shape index (κ3) is 4.31. The van der Waals surface area contributed by atoms with Crippen molar-refractivity contribution in [2.75, 3.05) is 31.7 Å². The smallest absolute Gasteiger partial charge is 0.164 e. The van der Waals surface area contributed by atoms with Crippen LogP contribution in [0.1, 0.15) is 31.1 Å². The van der Waals surface area contributed by atoms with Crippen LogP contribution in [-0.4, -0.2) is 32.6 Å². The maximum Gasteiger partial charge on any atom is 0.164 e. The second-order valence-corrected chi connectivity index (χ2v) is 5.02. The summed E-state index contributed by atoms with van der Waals surface area (Å²) in [5, 5.41) is 0. The van der Waals surface area contributed by atoms with Gasteiger partial charge in [-0.25, -0.2) is 4.39 Å². The largest absolute Gasteiger partial charge is 0.383 e. The summed E-state index contributed by atoms with van der Waals surface area (Å²) in [5.74, 6) is -0.296. The van der Waals surface area contributed by atoms with Gasteiger partial charge in [0.05, 0.1) is 17.9 Å². The molecule has 0 amide bonds. The zero-order valence-electron chi connectivity index (χ0n) is 12.1. The molecule has 0 aliphatic heterocycles. The second-order valence-electron chi connectivity index (χ2n) is 5.02. The van der Waals surface area contributed by atoms with Gasteiger partial charge in [-0.3, -0.25) is 4.79 Å². The molecule has 0 radical (unpaired) electrons. The fourth-order valence-electron chi connectivity index (χ4n) is 2.08. The number of rotatable bonds is 7. The van der Waals surface area contributed by atoms with E-state index in [0.717, 1.165) is 6.54 Å². The van der Waals surface area contributed by atoms with Crippen molar-refractivity contribution in [2.24, 2.45) is 5.92 Å². The first-order valence-corrected chi connectivity index (χ1v) is 6.50. The average molecular weight is 267 g/mol. The Bertz CT molecular complexity index is 432. The van der Waals surface area contributed by atoms with E-state index in [9.17, 15) is 9.18 Å². The number of methoxy groups -OCH3 is 1. The summed E-state index contributed by atoms with van der Waals surface area (Å²) in [5.41, 5.74) is 0.817. The summed E-state index contributed by atoms with van der Waals surface area (Å²) < 4.78 is 18.9. The van der Waals surface area contributed by atoms with Crippen LogP contribution in [-0.2, 0) is 4.74 Å². The third-order valence-corrected chi connectivity index (χ3v) is 2.84. The molecular formula is C15H22FNO2. The normalized spacial score (nSPS) is 10.8. The van der Waals surface area contributed by atoms with Crippen LogP contribution in [0.3, 0.4) is 0 Å². The molecule has 0 aliphatic rings. The van der Waals surface area contributed by atoms with Gasteiger partial charge in [-0.1, -0.05) is 19.9 Å². The lowest BCUT2D eigenvalue weighted by atomic mass is 10.1. The van der Waals surface area contributed by atoms with Crippen LogP contribution >= 0.6 is 0 Å². The van der Waals surface area contributed by atoms with Crippen LogP contribution in [0.25, 0.3) is 0 Å². The number of carbonyl (C=O) groups is 1. The van der Waals surface area contributed by atoms with Gasteiger partial charge in [-0.05, 0) is 25.0 Å². The van der Waals surface area contributed by atoms with E-state index in [2.05, 4.69) is 13.8 Å². The number of nitrogens with zero attached hydrogens (tertiary/aromatic N) is 1. The molecule has 19 heavy (non-hydrogen) atoms. The summed E-state index contributed by atoms with van der Waals surface area (Å²) in [4.78, 5) is 13.7. The van der Waals surface area contributed by atoms with Gasteiger partial charge in [0.2, 0.25) is 0 Å². The molecule has 0 aliphatic carbocycles. The molecule has 0 unspecified atom stereocenters. The van der Waals surface area contributed by atoms with Gasteiger partial charge >= 0.3 is 0 Å². The number of ether oxygens (including phenoxy) is 1. The standard InChI is InChI=1S/C15H22FNO2/c1-11(2)10-17(8-9-19-4)14-7-5-6-13(16)15(14)12(3)18/h5-7,11H,8-10H2,1-4H3. The van der Waals surface area contributed by atoms with E-state index >= 15 is 0 Å². The quantitative estimate of drug-likeness (QED) is 0.711. The molecule has 1 rings (SSSR count). The van der Waals surface area contributed by atoms with Crippen molar-refractivity contribution in [3.8, 4) is 0 Å². The molecule has 1 aromatic carbocycles. The Morgan fingerprint density at radius 2 is 2.11 bits per heavy atom. The van der Waals surface area contributed by atoms with Crippen LogP contribution in [0.5, 0.6) is 0 Å². The molecule has 3 nitrogen and oxygen atoms in total. The minimum Gasteiger partial charge on any atom is -0.383 e. The SMILES string of the molecule is COCCN(CC(C)C)c1cccc(F)c1C(C)=O. The lowest BCUT2D eigenvalue weighted by Gasteiger charge is -2.28. The van der Waals surface area contributed by atoms with E-state index in [1.807, 2.05) is 4.90 Å². The molecule has 0 fully saturated rings. The Labute approximate surface area is 114 Å². The number of anilines is 1. The fraction of sp³-hybridized carbons (Fsp3) is 0.533. The van der Waals surface area contributed by atoms with Crippen molar-refractivity contribution in [3.05, 3.63) is 29.6 Å². The highest BCUT2D eigenvalue weighted by Crippen LogP contribution is 2.24. The predicted octanol–water partition coefficient (Wildman–Crippen LogP) is 3.14. The van der Waals surface area contributed by atoms with Crippen molar-refractivity contribution >= 4 is 11.5 Å². The lowest BCUT2D eigenvalue weighted by molar-refractivity contribution is 0.101. The number of ketones is 1. The molecule has 0 atom stereocenters. The first-order valence-electron chi connectivity index (χ1n) is 6.50. The molecule has 0 N–H and O–H groups in total. The molecule has 0 saturated carbocycles. The Balaban J connectivity index is 3.13. The van der Waals surface area contributed by atoms with Gasteiger partial charge in [0.25, 0.3) is 0 Å². The van der Waals surface area contributed by atoms with Crippen molar-refractivity contribution in [1.29, 1.82) is 0 Å². The Morgan fingerprint density at radius 3 is 2.63 bits per heavy atom. The van der Waals surface area contributed by atoms with E-state index in [1.165, 1.54) is 13.0 Å². The van der Waals surface area contributed by atoms with Gasteiger partial charge in [0, 0.05) is 20.2 Å². The summed E-state index contributed by atoms with van der Waals surface area (Å²) in [7, 11) is 1.63. The van der Waals surface area contributed by atoms with E-state index in [1.54, 1.807) is 19.2 Å². The summed E-state index contributed by atoms with van der Waals surface area (Å²) in [6.45, 7) is 7.51. The molecule has 4 heteroatoms. The van der Waals surface area contributed by atoms with Gasteiger partial charge in [-0.2, -0.15) is 0 Å². The highest BCUT2D eigenvalue weighted by molar-refractivity contribution is 6.00. The minimum atomic E-state index is -0.462. The number of Topliss-reactive ketones (excluding diaryl/α,β-unsaturated/α-hetero) is 1. The van der Waals surface area contributed by atoms with E-state index in [4.69, 9.17) is 4.74 Å². The lowest BCUT2D eigenvalue weighted by Crippen LogP contribution is -2.32. The zero-order valence-corrected chi connectivity index (χ0v) is 12.1. The van der Waals surface area contributed by atoms with Gasteiger partial charge in [0.15, 0.2) is 5.78 Å². The Kier molecular flexibility index (Phi) is 5.96. The monoisotopic (exact) mass is 267 g/mol. The van der Waals surface area contributed by atoms with Crippen LogP contribution in [0, 0.1) is 11.7 Å². The minimum absolute atomic E-state index is 0.166. The summed E-state index contributed by atoms with van der Waals surface area (Å²) >= 11 is 0. The molecule has 106 valence electrons. The van der Waals surface area contributed by atoms with Crippen LogP contribution in [0.15, 0.2) is 18.2 Å². The zero-order chi connectivity index (χ0) is 14.4. The topological polar surface area (TPSA) is 29.5 Å². The predicted molar refractivity (Wildman–Crippen MR) is 75.3 cm³/mol. The van der Waals surface area contributed by atoms with Crippen LogP contribution in [0.4, 0.5) is 10.1 Å². The first kappa shape index (κ1) is 15.6. The fourth-order valence-corrected chi connectivity index (χ4v) is 2.08. The van der Waals surface area contributed by atoms with Gasteiger partial charge in [-0.15, -0.1) is 0 Å². The number of hydrogen-bond donors (Lipinski definition) is 0. The maximum atomic E-state index is 13.8. The molecule has 0 bridgehead atoms. The van der Waals surface area contributed by atoms with Crippen LogP contribution in [0.2, 0.25) is 0 Å². The van der Waals surface area contributed by atoms with Crippen LogP contribution < -0.4 is 4.90 Å². The second kappa shape index (κ2) is 7.24. The van der Waals surface area contributed by atoms with Crippen molar-refractivity contribution < 1.29 is 13.9 Å². The van der Waals surface area contributed by atoms with Crippen molar-refractivity contribution in [2.45, 2.75) is 20.8 Å². The summed E-state index contributed by atoms with van der Waals surface area (Å²) in [6.07, 6.45) is 0. The van der Waals surface area contributed by atoms with Gasteiger partial charge < -0.3 is 9.64 Å². The molecule has 0 heterocycles. The number of benzene rings is 1. The van der Waals surface area contributed by atoms with Gasteiger partial charge in [0.1, 0.15) is 5.82 Å². The Morgan fingerprint density at radius 1 is 1.42 bits per heavy atom. The highest BCUT2D eigenvalue weighted by atomic mass is 19.1. The van der Waals surface area contributed by atoms with Crippen molar-refractivity contribution in [3.63, 3.8) is 0 Å². The van der Waals surface area contributed by atoms with E-state index in [0.29, 0.717) is 24.8 Å². The third-order valence-electron chi connectivity index (χ3n) is 2.84. The molecule has 0 saturated heterocycles. The molecule has 0 spiro atoms. The number of halogens is 1. The molecular weight excluding hydrogens is 245 g/mol. The Hall–Kier alpha value is -1.42. The summed E-state index contributed by atoms with van der Waals surface area (Å²) in [6, 6.07) is 4.75. The molecule has 0 aromatic heterocycles. The maximum absolute atomic E-state index is 13.8. The van der Waals surface area contributed by atoms with E-state index in [-0.39, 0.29) is 11.3 Å². The first-order chi connectivity index (χ1) is 8.97. The molecule has 1 aromatic rings. The van der Waals surface area contributed by atoms with Crippen molar-refractivity contribution in [1.82, 2.24) is 0 Å². The number of carbonyl (C=O) groups excluding carboxylic acids is 1. The highest BCUT2D eigenvalue weighted by Gasteiger charge is 2.18. The average Bonchev–Trinajstić information content (AvgIpc) is 2.33. The number of hydrogen-bond acceptors (Lipinski definition) is 3. The van der Waals surface area contributed by atoms with E-state index < -0.39 is 5.82 Å².